The molecule has 0 atom stereocenters. The molecule has 98 valence electrons. The van der Waals surface area contributed by atoms with Gasteiger partial charge in [-0.25, -0.2) is 13.8 Å². The first-order valence-corrected chi connectivity index (χ1v) is 5.35. The van der Waals surface area contributed by atoms with Crippen LogP contribution in [0.5, 0.6) is 11.6 Å². The fourth-order valence-corrected chi connectivity index (χ4v) is 1.49. The van der Waals surface area contributed by atoms with Gasteiger partial charge in [-0.3, -0.25) is 4.79 Å². The molecule has 0 aliphatic rings. The van der Waals surface area contributed by atoms with Gasteiger partial charge in [0.15, 0.2) is 5.82 Å². The van der Waals surface area contributed by atoms with Crippen molar-refractivity contribution in [1.82, 2.24) is 4.98 Å². The Bertz CT molecular complexity index is 617. The van der Waals surface area contributed by atoms with Gasteiger partial charge in [0, 0.05) is 11.6 Å². The largest absolute Gasteiger partial charge is 0.481 e. The van der Waals surface area contributed by atoms with Gasteiger partial charge in [-0.1, -0.05) is 18.2 Å². The predicted molar refractivity (Wildman–Crippen MR) is 62.0 cm³/mol. The average Bonchev–Trinajstić information content (AvgIpc) is 2.34. The number of hydrogen-bond acceptors (Lipinski definition) is 3. The van der Waals surface area contributed by atoms with Gasteiger partial charge in [-0.15, -0.1) is 0 Å². The smallest absolute Gasteiger partial charge is 0.307 e. The molecule has 0 spiro atoms. The van der Waals surface area contributed by atoms with E-state index < -0.39 is 23.5 Å². The molecule has 0 fully saturated rings. The van der Waals surface area contributed by atoms with E-state index in [1.165, 1.54) is 6.07 Å². The van der Waals surface area contributed by atoms with Crippen LogP contribution in [0.1, 0.15) is 5.56 Å². The van der Waals surface area contributed by atoms with Crippen LogP contribution in [0, 0.1) is 11.6 Å². The van der Waals surface area contributed by atoms with E-state index in [4.69, 9.17) is 9.84 Å². The number of nitrogens with zero attached hydrogens (tertiary/aromatic N) is 1. The van der Waals surface area contributed by atoms with E-state index in [9.17, 15) is 13.6 Å². The average molecular weight is 265 g/mol. The third kappa shape index (κ3) is 3.25. The lowest BCUT2D eigenvalue weighted by atomic mass is 10.1. The van der Waals surface area contributed by atoms with Crippen LogP contribution < -0.4 is 4.74 Å². The van der Waals surface area contributed by atoms with E-state index in [1.807, 2.05) is 0 Å². The number of rotatable bonds is 4. The topological polar surface area (TPSA) is 59.4 Å². The fraction of sp³-hybridized carbons (Fsp3) is 0.0769. The summed E-state index contributed by atoms with van der Waals surface area (Å²) in [4.78, 5) is 14.2. The van der Waals surface area contributed by atoms with Gasteiger partial charge in [0.2, 0.25) is 0 Å². The van der Waals surface area contributed by atoms with Crippen LogP contribution in [0.2, 0.25) is 0 Å². The molecule has 0 bridgehead atoms. The Morgan fingerprint density at radius 1 is 1.32 bits per heavy atom. The van der Waals surface area contributed by atoms with Crippen LogP contribution >= 0.6 is 0 Å². The molecule has 1 aromatic heterocycles. The molecule has 0 saturated carbocycles. The normalized spacial score (nSPS) is 10.2. The number of aliphatic carboxylic acids is 1. The van der Waals surface area contributed by atoms with Crippen molar-refractivity contribution < 1.29 is 23.4 Å². The van der Waals surface area contributed by atoms with Crippen LogP contribution in [-0.4, -0.2) is 16.1 Å². The first-order valence-electron chi connectivity index (χ1n) is 5.35. The van der Waals surface area contributed by atoms with Crippen LogP contribution in [0.15, 0.2) is 36.5 Å². The molecule has 1 aromatic carbocycles. The molecule has 19 heavy (non-hydrogen) atoms. The molecule has 0 unspecified atom stereocenters. The van der Waals surface area contributed by atoms with Crippen molar-refractivity contribution in [3.8, 4) is 11.6 Å². The van der Waals surface area contributed by atoms with Crippen molar-refractivity contribution in [2.75, 3.05) is 0 Å². The summed E-state index contributed by atoms with van der Waals surface area (Å²) in [6.45, 7) is 0. The first-order chi connectivity index (χ1) is 9.06. The zero-order chi connectivity index (χ0) is 13.8. The molecule has 2 aromatic rings. The summed E-state index contributed by atoms with van der Waals surface area (Å²) in [7, 11) is 0. The first kappa shape index (κ1) is 12.9. The van der Waals surface area contributed by atoms with Crippen molar-refractivity contribution in [3.05, 3.63) is 53.7 Å². The Hall–Kier alpha value is -2.50. The van der Waals surface area contributed by atoms with Crippen LogP contribution in [-0.2, 0) is 11.2 Å². The number of carbonyl (C=O) groups is 1. The Morgan fingerprint density at radius 2 is 2.05 bits per heavy atom. The van der Waals surface area contributed by atoms with E-state index in [0.717, 1.165) is 6.20 Å². The number of benzene rings is 1. The zero-order valence-electron chi connectivity index (χ0n) is 9.64. The molecular weight excluding hydrogens is 256 g/mol. The highest BCUT2D eigenvalue weighted by molar-refractivity contribution is 5.71. The van der Waals surface area contributed by atoms with Crippen molar-refractivity contribution in [2.24, 2.45) is 0 Å². The number of ether oxygens (including phenoxy) is 1. The fourth-order valence-electron chi connectivity index (χ4n) is 1.49. The van der Waals surface area contributed by atoms with E-state index >= 15 is 0 Å². The van der Waals surface area contributed by atoms with Gasteiger partial charge < -0.3 is 9.84 Å². The number of hydrogen-bond donors (Lipinski definition) is 1. The van der Waals surface area contributed by atoms with Crippen LogP contribution in [0.4, 0.5) is 8.78 Å². The van der Waals surface area contributed by atoms with Gasteiger partial charge >= 0.3 is 5.97 Å². The monoisotopic (exact) mass is 265 g/mol. The molecule has 0 aliphatic carbocycles. The molecule has 0 amide bonds. The summed E-state index contributed by atoms with van der Waals surface area (Å²) in [5.41, 5.74) is 0.375. The van der Waals surface area contributed by atoms with E-state index in [-0.39, 0.29) is 12.2 Å². The SMILES string of the molecule is O=C(O)Cc1ccccc1Oc1ncc(F)cc1F. The number of carboxylic acids is 1. The predicted octanol–water partition coefficient (Wildman–Crippen LogP) is 2.78. The minimum absolute atomic E-state index is 0.169. The van der Waals surface area contributed by atoms with Gasteiger partial charge in [0.05, 0.1) is 12.6 Å². The standard InChI is InChI=1S/C13H9F2NO3/c14-9-6-10(15)13(16-7-9)19-11-4-2-1-3-8(11)5-12(17)18/h1-4,6-7H,5H2,(H,17,18). The van der Waals surface area contributed by atoms with Gasteiger partial charge in [-0.2, -0.15) is 0 Å². The lowest BCUT2D eigenvalue weighted by molar-refractivity contribution is -0.136. The number of para-hydroxylation sites is 1. The highest BCUT2D eigenvalue weighted by Crippen LogP contribution is 2.26. The summed E-state index contributed by atoms with van der Waals surface area (Å²) in [5.74, 6) is -3.04. The second-order valence-electron chi connectivity index (χ2n) is 3.72. The third-order valence-corrected chi connectivity index (χ3v) is 2.29. The Balaban J connectivity index is 2.30. The van der Waals surface area contributed by atoms with E-state index in [2.05, 4.69) is 4.98 Å². The minimum Gasteiger partial charge on any atom is -0.481 e. The maximum atomic E-state index is 13.4. The number of pyridine rings is 1. The summed E-state index contributed by atoms with van der Waals surface area (Å²) >= 11 is 0. The Morgan fingerprint density at radius 3 is 2.74 bits per heavy atom. The van der Waals surface area contributed by atoms with Crippen LogP contribution in [0.25, 0.3) is 0 Å². The highest BCUT2D eigenvalue weighted by Gasteiger charge is 2.12. The van der Waals surface area contributed by atoms with Crippen molar-refractivity contribution in [2.45, 2.75) is 6.42 Å². The van der Waals surface area contributed by atoms with Crippen LogP contribution in [0.3, 0.4) is 0 Å². The lowest BCUT2D eigenvalue weighted by Crippen LogP contribution is -2.02. The molecule has 6 heteroatoms. The number of carboxylic acid groups (broad SMARTS) is 1. The minimum atomic E-state index is -1.04. The quantitative estimate of drug-likeness (QED) is 0.923. The molecule has 1 heterocycles. The summed E-state index contributed by atoms with van der Waals surface area (Å²) in [6, 6.07) is 6.93. The lowest BCUT2D eigenvalue weighted by Gasteiger charge is -2.09. The van der Waals surface area contributed by atoms with Crippen molar-refractivity contribution in [3.63, 3.8) is 0 Å². The summed E-state index contributed by atoms with van der Waals surface area (Å²) in [5, 5.41) is 8.75. The number of aromatic nitrogens is 1. The maximum absolute atomic E-state index is 13.4. The molecular formula is C13H9F2NO3. The summed E-state index contributed by atoms with van der Waals surface area (Å²) < 4.78 is 31.3. The van der Waals surface area contributed by atoms with Gasteiger partial charge in [0.1, 0.15) is 11.6 Å². The van der Waals surface area contributed by atoms with E-state index in [1.54, 1.807) is 18.2 Å². The van der Waals surface area contributed by atoms with Crippen molar-refractivity contribution in [1.29, 1.82) is 0 Å². The maximum Gasteiger partial charge on any atom is 0.307 e. The van der Waals surface area contributed by atoms with E-state index in [0.29, 0.717) is 11.6 Å². The van der Waals surface area contributed by atoms with Gasteiger partial charge in [0.25, 0.3) is 5.88 Å². The third-order valence-electron chi connectivity index (χ3n) is 2.29. The second-order valence-corrected chi connectivity index (χ2v) is 3.72. The Labute approximate surface area is 107 Å². The summed E-state index contributed by atoms with van der Waals surface area (Å²) in [6.07, 6.45) is 0.553. The number of halogens is 2. The zero-order valence-corrected chi connectivity index (χ0v) is 9.64. The molecule has 1 N–H and O–H groups in total. The molecule has 0 saturated heterocycles. The molecule has 0 aliphatic heterocycles. The second kappa shape index (κ2) is 5.43. The highest BCUT2D eigenvalue weighted by atomic mass is 19.1. The molecule has 0 radical (unpaired) electrons. The molecule has 4 nitrogen and oxygen atoms in total. The Kier molecular flexibility index (Phi) is 3.70. The van der Waals surface area contributed by atoms with Crippen molar-refractivity contribution >= 4 is 5.97 Å². The van der Waals surface area contributed by atoms with Gasteiger partial charge in [-0.05, 0) is 6.07 Å². The molecule has 2 rings (SSSR count).